The molecule has 1 rings (SSSR count). The summed E-state index contributed by atoms with van der Waals surface area (Å²) in [7, 11) is 0. The van der Waals surface area contributed by atoms with Gasteiger partial charge >= 0.3 is 6.09 Å². The van der Waals surface area contributed by atoms with Crippen molar-refractivity contribution in [2.75, 3.05) is 18.4 Å². The maximum atomic E-state index is 11.4. The van der Waals surface area contributed by atoms with Crippen LogP contribution in [0.3, 0.4) is 0 Å². The number of hydrogen-bond acceptors (Lipinski definition) is 3. The normalized spacial score (nSPS) is 11.1. The Labute approximate surface area is 125 Å². The van der Waals surface area contributed by atoms with E-state index in [4.69, 9.17) is 16.3 Å². The summed E-state index contributed by atoms with van der Waals surface area (Å²) in [5.41, 5.74) is 1.72. The highest BCUT2D eigenvalue weighted by atomic mass is 35.5. The van der Waals surface area contributed by atoms with Crippen molar-refractivity contribution < 1.29 is 9.53 Å². The molecule has 2 N–H and O–H groups in total. The van der Waals surface area contributed by atoms with Gasteiger partial charge < -0.3 is 15.4 Å². The average molecular weight is 299 g/mol. The lowest BCUT2D eigenvalue weighted by Crippen LogP contribution is -2.33. The van der Waals surface area contributed by atoms with Gasteiger partial charge in [0.05, 0.1) is 0 Å². The fraction of sp³-hybridized carbons (Fsp3) is 0.533. The number of amides is 1. The van der Waals surface area contributed by atoms with E-state index in [1.165, 1.54) is 0 Å². The third-order valence-corrected chi connectivity index (χ3v) is 2.76. The smallest absolute Gasteiger partial charge is 0.407 e. The molecule has 0 bridgehead atoms. The Hall–Kier alpha value is -1.42. The molecule has 0 atom stereocenters. The number of rotatable bonds is 5. The molecule has 0 saturated heterocycles. The third-order valence-electron chi connectivity index (χ3n) is 2.53. The Morgan fingerprint density at radius 3 is 2.60 bits per heavy atom. The number of nitrogens with one attached hydrogen (secondary N) is 2. The van der Waals surface area contributed by atoms with Gasteiger partial charge in [-0.25, -0.2) is 4.79 Å². The summed E-state index contributed by atoms with van der Waals surface area (Å²) in [5.74, 6) is 0. The summed E-state index contributed by atoms with van der Waals surface area (Å²) < 4.78 is 5.15. The van der Waals surface area contributed by atoms with E-state index in [0.29, 0.717) is 6.54 Å². The molecule has 0 aliphatic carbocycles. The van der Waals surface area contributed by atoms with Crippen LogP contribution >= 0.6 is 11.6 Å². The number of carbonyl (C=O) groups is 1. The minimum absolute atomic E-state index is 0.375. The highest BCUT2D eigenvalue weighted by Gasteiger charge is 2.15. The Morgan fingerprint density at radius 1 is 1.30 bits per heavy atom. The molecule has 0 spiro atoms. The molecule has 1 amide bonds. The maximum Gasteiger partial charge on any atom is 0.407 e. The van der Waals surface area contributed by atoms with Crippen molar-refractivity contribution in [2.45, 2.75) is 39.7 Å². The Morgan fingerprint density at radius 2 is 2.00 bits per heavy atom. The molecule has 0 aliphatic rings. The first kappa shape index (κ1) is 16.6. The van der Waals surface area contributed by atoms with Crippen molar-refractivity contribution in [2.24, 2.45) is 0 Å². The second-order valence-electron chi connectivity index (χ2n) is 5.67. The topological polar surface area (TPSA) is 50.4 Å². The number of carbonyl (C=O) groups excluding carboxylic acids is 1. The second kappa shape index (κ2) is 7.39. The van der Waals surface area contributed by atoms with Gasteiger partial charge in [0.1, 0.15) is 5.60 Å². The summed E-state index contributed by atoms with van der Waals surface area (Å²) in [6.07, 6.45) is 0.446. The number of hydrogen-bond donors (Lipinski definition) is 2. The molecule has 20 heavy (non-hydrogen) atoms. The van der Waals surface area contributed by atoms with E-state index in [1.54, 1.807) is 0 Å². The van der Waals surface area contributed by atoms with Gasteiger partial charge in [0.25, 0.3) is 0 Å². The van der Waals surface area contributed by atoms with Gasteiger partial charge in [0, 0.05) is 23.8 Å². The summed E-state index contributed by atoms with van der Waals surface area (Å²) >= 11 is 5.90. The van der Waals surface area contributed by atoms with Crippen molar-refractivity contribution >= 4 is 23.4 Å². The van der Waals surface area contributed by atoms with Crippen LogP contribution in [-0.4, -0.2) is 24.8 Å². The van der Waals surface area contributed by atoms with Crippen LogP contribution in [0.2, 0.25) is 5.02 Å². The summed E-state index contributed by atoms with van der Waals surface area (Å²) in [4.78, 5) is 11.4. The quantitative estimate of drug-likeness (QED) is 0.809. The first-order chi connectivity index (χ1) is 9.28. The summed E-state index contributed by atoms with van der Waals surface area (Å²) in [5, 5.41) is 6.77. The van der Waals surface area contributed by atoms with Crippen LogP contribution in [0.4, 0.5) is 10.5 Å². The minimum atomic E-state index is -0.456. The molecule has 5 heteroatoms. The molecule has 0 aromatic heterocycles. The zero-order chi connectivity index (χ0) is 15.2. The van der Waals surface area contributed by atoms with Crippen LogP contribution in [0, 0.1) is 6.92 Å². The Balaban J connectivity index is 2.21. The molecule has 112 valence electrons. The molecule has 0 saturated carbocycles. The Kier molecular flexibility index (Phi) is 6.14. The number of benzene rings is 1. The molecule has 0 aliphatic heterocycles. The van der Waals surface area contributed by atoms with Crippen molar-refractivity contribution in [1.82, 2.24) is 5.32 Å². The van der Waals surface area contributed by atoms with Crippen molar-refractivity contribution in [3.05, 3.63) is 28.8 Å². The lowest BCUT2D eigenvalue weighted by molar-refractivity contribution is 0.0528. The first-order valence-electron chi connectivity index (χ1n) is 6.75. The number of anilines is 1. The van der Waals surface area contributed by atoms with Crippen LogP contribution in [0.1, 0.15) is 32.8 Å². The second-order valence-corrected chi connectivity index (χ2v) is 6.10. The highest BCUT2D eigenvalue weighted by molar-refractivity contribution is 6.30. The van der Waals surface area contributed by atoms with Crippen molar-refractivity contribution in [3.63, 3.8) is 0 Å². The van der Waals surface area contributed by atoms with E-state index in [0.717, 1.165) is 29.2 Å². The third kappa shape index (κ3) is 6.66. The van der Waals surface area contributed by atoms with Gasteiger partial charge in [-0.3, -0.25) is 0 Å². The van der Waals surface area contributed by atoms with Crippen molar-refractivity contribution in [1.29, 1.82) is 0 Å². The standard InChI is InChI=1S/C15H23ClN2O2/c1-11-10-12(16)6-7-13(11)17-8-5-9-18-14(19)20-15(2,3)4/h6-7,10,17H,5,8-9H2,1-4H3,(H,18,19). The SMILES string of the molecule is Cc1cc(Cl)ccc1NCCCNC(=O)OC(C)(C)C. The average Bonchev–Trinajstić information content (AvgIpc) is 2.28. The van der Waals surface area contributed by atoms with E-state index in [1.807, 2.05) is 45.9 Å². The van der Waals surface area contributed by atoms with Gasteiger partial charge in [-0.05, 0) is 57.9 Å². The van der Waals surface area contributed by atoms with E-state index in [-0.39, 0.29) is 6.09 Å². The fourth-order valence-corrected chi connectivity index (χ4v) is 1.87. The highest BCUT2D eigenvalue weighted by Crippen LogP contribution is 2.19. The van der Waals surface area contributed by atoms with E-state index in [2.05, 4.69) is 10.6 Å². The lowest BCUT2D eigenvalue weighted by atomic mass is 10.2. The molecule has 0 unspecified atom stereocenters. The maximum absolute atomic E-state index is 11.4. The monoisotopic (exact) mass is 298 g/mol. The molecule has 4 nitrogen and oxygen atoms in total. The van der Waals surface area contributed by atoms with Gasteiger partial charge in [0.2, 0.25) is 0 Å². The van der Waals surface area contributed by atoms with Gasteiger partial charge in [-0.1, -0.05) is 11.6 Å². The molecule has 0 radical (unpaired) electrons. The number of alkyl carbamates (subject to hydrolysis) is 1. The first-order valence-corrected chi connectivity index (χ1v) is 7.12. The van der Waals surface area contributed by atoms with Gasteiger partial charge in [-0.15, -0.1) is 0 Å². The number of aryl methyl sites for hydroxylation is 1. The molecular formula is C15H23ClN2O2. The number of ether oxygens (including phenoxy) is 1. The summed E-state index contributed by atoms with van der Waals surface area (Å²) in [6, 6.07) is 5.73. The van der Waals surface area contributed by atoms with Crippen molar-refractivity contribution in [3.8, 4) is 0 Å². The van der Waals surface area contributed by atoms with Gasteiger partial charge in [0.15, 0.2) is 0 Å². The Bertz CT molecular complexity index is 456. The zero-order valence-corrected chi connectivity index (χ0v) is 13.3. The van der Waals surface area contributed by atoms with E-state index >= 15 is 0 Å². The number of halogens is 1. The largest absolute Gasteiger partial charge is 0.444 e. The molecular weight excluding hydrogens is 276 g/mol. The van der Waals surface area contributed by atoms with Crippen LogP contribution in [0.15, 0.2) is 18.2 Å². The molecule has 1 aromatic carbocycles. The minimum Gasteiger partial charge on any atom is -0.444 e. The zero-order valence-electron chi connectivity index (χ0n) is 12.5. The van der Waals surface area contributed by atoms with Crippen LogP contribution in [0.5, 0.6) is 0 Å². The van der Waals surface area contributed by atoms with E-state index in [9.17, 15) is 4.79 Å². The van der Waals surface area contributed by atoms with E-state index < -0.39 is 5.60 Å². The van der Waals surface area contributed by atoms with Crippen LogP contribution in [0.25, 0.3) is 0 Å². The van der Waals surface area contributed by atoms with Gasteiger partial charge in [-0.2, -0.15) is 0 Å². The molecule has 1 aromatic rings. The van der Waals surface area contributed by atoms with Crippen LogP contribution < -0.4 is 10.6 Å². The summed E-state index contributed by atoms with van der Waals surface area (Å²) in [6.45, 7) is 8.90. The predicted molar refractivity (Wildman–Crippen MR) is 83.5 cm³/mol. The lowest BCUT2D eigenvalue weighted by Gasteiger charge is -2.19. The molecule has 0 heterocycles. The fourth-order valence-electron chi connectivity index (χ4n) is 1.64. The molecule has 0 fully saturated rings. The predicted octanol–water partition coefficient (Wildman–Crippen LogP) is 3.98. The van der Waals surface area contributed by atoms with Crippen LogP contribution in [-0.2, 0) is 4.74 Å².